The van der Waals surface area contributed by atoms with E-state index < -0.39 is 6.04 Å². The molecule has 0 aliphatic carbocycles. The molecule has 1 heterocycles. The van der Waals surface area contributed by atoms with Crippen LogP contribution in [0.4, 0.5) is 0 Å². The van der Waals surface area contributed by atoms with E-state index in [1.807, 2.05) is 0 Å². The van der Waals surface area contributed by atoms with Gasteiger partial charge in [0.15, 0.2) is 0 Å². The number of hydrogen-bond donors (Lipinski definition) is 3. The average Bonchev–Trinajstić information content (AvgIpc) is 2.56. The Morgan fingerprint density at radius 1 is 1.85 bits per heavy atom. The van der Waals surface area contributed by atoms with Crippen molar-refractivity contribution in [2.45, 2.75) is 19.4 Å². The van der Waals surface area contributed by atoms with Gasteiger partial charge in [-0.05, 0) is 6.92 Å². The van der Waals surface area contributed by atoms with E-state index in [4.69, 9.17) is 5.73 Å². The van der Waals surface area contributed by atoms with E-state index in [2.05, 4.69) is 15.3 Å². The predicted molar refractivity (Wildman–Crippen MR) is 49.0 cm³/mol. The summed E-state index contributed by atoms with van der Waals surface area (Å²) in [5, 5.41) is 2.71. The minimum absolute atomic E-state index is 0.125. The van der Waals surface area contributed by atoms with E-state index >= 15 is 0 Å². The van der Waals surface area contributed by atoms with Gasteiger partial charge in [-0.1, -0.05) is 0 Å². The van der Waals surface area contributed by atoms with Crippen molar-refractivity contribution >= 4 is 5.91 Å². The van der Waals surface area contributed by atoms with Crippen LogP contribution in [0.1, 0.15) is 12.6 Å². The number of nitrogens with one attached hydrogen (secondary N) is 2. The normalized spacial score (nSPS) is 12.5. The molecule has 1 atom stereocenters. The second kappa shape index (κ2) is 4.61. The fourth-order valence-electron chi connectivity index (χ4n) is 0.903. The zero-order chi connectivity index (χ0) is 9.68. The van der Waals surface area contributed by atoms with E-state index in [-0.39, 0.29) is 5.91 Å². The van der Waals surface area contributed by atoms with E-state index in [0.717, 1.165) is 12.1 Å². The molecule has 0 saturated carbocycles. The molecule has 0 aliphatic rings. The summed E-state index contributed by atoms with van der Waals surface area (Å²) in [7, 11) is 0. The summed E-state index contributed by atoms with van der Waals surface area (Å²) in [4.78, 5) is 17.8. The number of imidazole rings is 1. The summed E-state index contributed by atoms with van der Waals surface area (Å²) in [6.45, 7) is 2.24. The van der Waals surface area contributed by atoms with E-state index in [9.17, 15) is 4.79 Å². The minimum atomic E-state index is -0.443. The molecule has 13 heavy (non-hydrogen) atoms. The molecule has 1 unspecified atom stereocenters. The molecule has 0 bridgehead atoms. The largest absolute Gasteiger partial charge is 0.354 e. The Morgan fingerprint density at radius 3 is 3.15 bits per heavy atom. The second-order valence-electron chi connectivity index (χ2n) is 2.91. The predicted octanol–water partition coefficient (Wildman–Crippen LogP) is -0.584. The Bertz CT molecular complexity index is 255. The van der Waals surface area contributed by atoms with Crippen molar-refractivity contribution in [3.05, 3.63) is 18.2 Å². The minimum Gasteiger partial charge on any atom is -0.354 e. The first kappa shape index (κ1) is 9.73. The number of nitrogens with two attached hydrogens (primary N) is 1. The maximum absolute atomic E-state index is 11.0. The third-order valence-electron chi connectivity index (χ3n) is 1.66. The molecular weight excluding hydrogens is 168 g/mol. The van der Waals surface area contributed by atoms with Crippen molar-refractivity contribution in [1.82, 2.24) is 15.3 Å². The number of amides is 1. The summed E-state index contributed by atoms with van der Waals surface area (Å²) in [6, 6.07) is -0.443. The maximum Gasteiger partial charge on any atom is 0.236 e. The molecule has 0 radical (unpaired) electrons. The lowest BCUT2D eigenvalue weighted by molar-refractivity contribution is -0.121. The lowest BCUT2D eigenvalue weighted by Crippen LogP contribution is -2.39. The van der Waals surface area contributed by atoms with Crippen LogP contribution in [0.15, 0.2) is 12.5 Å². The number of carbonyl (C=O) groups excluding carboxylic acids is 1. The molecule has 0 aromatic carbocycles. The van der Waals surface area contributed by atoms with Crippen molar-refractivity contribution < 1.29 is 4.79 Å². The van der Waals surface area contributed by atoms with Gasteiger partial charge < -0.3 is 16.0 Å². The number of rotatable bonds is 4. The van der Waals surface area contributed by atoms with Gasteiger partial charge in [-0.2, -0.15) is 0 Å². The first-order valence-electron chi connectivity index (χ1n) is 4.20. The smallest absolute Gasteiger partial charge is 0.236 e. The molecule has 1 amide bonds. The first-order valence-corrected chi connectivity index (χ1v) is 4.20. The molecule has 1 aromatic heterocycles. The van der Waals surface area contributed by atoms with Crippen LogP contribution >= 0.6 is 0 Å². The summed E-state index contributed by atoms with van der Waals surface area (Å²) >= 11 is 0. The van der Waals surface area contributed by atoms with Gasteiger partial charge >= 0.3 is 0 Å². The summed E-state index contributed by atoms with van der Waals surface area (Å²) < 4.78 is 0. The Kier molecular flexibility index (Phi) is 3.45. The standard InChI is InChI=1S/C8H14N4O/c1-6(9)8(13)11-3-2-7-4-10-5-12-7/h4-6H,2-3,9H2,1H3,(H,10,12)(H,11,13). The van der Waals surface area contributed by atoms with Gasteiger partial charge in [0.2, 0.25) is 5.91 Å². The third-order valence-corrected chi connectivity index (χ3v) is 1.66. The summed E-state index contributed by atoms with van der Waals surface area (Å²) in [5.74, 6) is -0.125. The van der Waals surface area contributed by atoms with Crippen molar-refractivity contribution in [1.29, 1.82) is 0 Å². The van der Waals surface area contributed by atoms with Crippen LogP contribution in [-0.2, 0) is 11.2 Å². The molecule has 5 nitrogen and oxygen atoms in total. The quantitative estimate of drug-likeness (QED) is 0.582. The van der Waals surface area contributed by atoms with Crippen LogP contribution in [0, 0.1) is 0 Å². The number of H-pyrrole nitrogens is 1. The number of hydrogen-bond acceptors (Lipinski definition) is 3. The molecule has 0 fully saturated rings. The van der Waals surface area contributed by atoms with E-state index in [1.165, 1.54) is 0 Å². The Morgan fingerprint density at radius 2 is 2.62 bits per heavy atom. The zero-order valence-corrected chi connectivity index (χ0v) is 7.58. The summed E-state index contributed by atoms with van der Waals surface area (Å²) in [5.41, 5.74) is 6.37. The fraction of sp³-hybridized carbons (Fsp3) is 0.500. The van der Waals surface area contributed by atoms with E-state index in [0.29, 0.717) is 6.54 Å². The molecule has 0 spiro atoms. The second-order valence-corrected chi connectivity index (χ2v) is 2.91. The molecule has 0 aliphatic heterocycles. The molecule has 1 aromatic rings. The van der Waals surface area contributed by atoms with E-state index in [1.54, 1.807) is 19.4 Å². The van der Waals surface area contributed by atoms with Crippen LogP contribution < -0.4 is 11.1 Å². The number of aromatic amines is 1. The lowest BCUT2D eigenvalue weighted by atomic mass is 10.3. The number of nitrogens with zero attached hydrogens (tertiary/aromatic N) is 1. The van der Waals surface area contributed by atoms with Crippen molar-refractivity contribution in [3.63, 3.8) is 0 Å². The summed E-state index contributed by atoms with van der Waals surface area (Å²) in [6.07, 6.45) is 4.10. The monoisotopic (exact) mass is 182 g/mol. The van der Waals surface area contributed by atoms with Crippen LogP contribution in [0.25, 0.3) is 0 Å². The van der Waals surface area contributed by atoms with Crippen LogP contribution in [-0.4, -0.2) is 28.5 Å². The SMILES string of the molecule is CC(N)C(=O)NCCc1cnc[nH]1. The maximum atomic E-state index is 11.0. The van der Waals surface area contributed by atoms with Crippen molar-refractivity contribution in [2.75, 3.05) is 6.54 Å². The Balaban J connectivity index is 2.18. The zero-order valence-electron chi connectivity index (χ0n) is 7.58. The van der Waals surface area contributed by atoms with Gasteiger partial charge in [0, 0.05) is 24.9 Å². The molecule has 0 saturated heterocycles. The van der Waals surface area contributed by atoms with Gasteiger partial charge in [-0.15, -0.1) is 0 Å². The highest BCUT2D eigenvalue weighted by molar-refractivity contribution is 5.80. The molecular formula is C8H14N4O. The molecule has 72 valence electrons. The van der Waals surface area contributed by atoms with Gasteiger partial charge in [-0.3, -0.25) is 4.79 Å². The number of carbonyl (C=O) groups is 1. The van der Waals surface area contributed by atoms with Crippen LogP contribution in [0.5, 0.6) is 0 Å². The van der Waals surface area contributed by atoms with Crippen LogP contribution in [0.3, 0.4) is 0 Å². The topological polar surface area (TPSA) is 83.8 Å². The highest BCUT2D eigenvalue weighted by atomic mass is 16.2. The van der Waals surface area contributed by atoms with Gasteiger partial charge in [0.05, 0.1) is 12.4 Å². The van der Waals surface area contributed by atoms with Crippen LogP contribution in [0.2, 0.25) is 0 Å². The highest BCUT2D eigenvalue weighted by Gasteiger charge is 2.05. The molecule has 1 rings (SSSR count). The highest BCUT2D eigenvalue weighted by Crippen LogP contribution is 1.90. The Labute approximate surface area is 76.7 Å². The van der Waals surface area contributed by atoms with Gasteiger partial charge in [0.1, 0.15) is 0 Å². The van der Waals surface area contributed by atoms with Gasteiger partial charge in [-0.25, -0.2) is 4.98 Å². The first-order chi connectivity index (χ1) is 6.20. The van der Waals surface area contributed by atoms with Crippen molar-refractivity contribution in [3.8, 4) is 0 Å². The van der Waals surface area contributed by atoms with Crippen molar-refractivity contribution in [2.24, 2.45) is 5.73 Å². The Hall–Kier alpha value is -1.36. The molecule has 5 heteroatoms. The molecule has 4 N–H and O–H groups in total. The number of aromatic nitrogens is 2. The fourth-order valence-corrected chi connectivity index (χ4v) is 0.903. The average molecular weight is 182 g/mol. The van der Waals surface area contributed by atoms with Gasteiger partial charge in [0.25, 0.3) is 0 Å². The lowest BCUT2D eigenvalue weighted by Gasteiger charge is -2.06. The third kappa shape index (κ3) is 3.25.